The maximum atomic E-state index is 12.1. The third kappa shape index (κ3) is 2.58. The minimum Gasteiger partial charge on any atom is -0.497 e. The molecule has 4 heteroatoms. The predicted molar refractivity (Wildman–Crippen MR) is 67.6 cm³/mol. The highest BCUT2D eigenvalue weighted by Crippen LogP contribution is 2.18. The van der Waals surface area contributed by atoms with Crippen LogP contribution in [0.4, 0.5) is 5.69 Å². The van der Waals surface area contributed by atoms with Gasteiger partial charge in [0.05, 0.1) is 12.8 Å². The summed E-state index contributed by atoms with van der Waals surface area (Å²) in [6.45, 7) is 1.87. The molecule has 0 aliphatic carbocycles. The highest BCUT2D eigenvalue weighted by Gasteiger charge is 2.10. The molecular weight excluding hydrogens is 228 g/mol. The third-order valence-corrected chi connectivity index (χ3v) is 2.51. The number of aryl methyl sites for hydroxylation is 1. The Bertz CT molecular complexity index is 553. The van der Waals surface area contributed by atoms with Gasteiger partial charge in [-0.2, -0.15) is 0 Å². The zero-order valence-electron chi connectivity index (χ0n) is 10.2. The van der Waals surface area contributed by atoms with Crippen LogP contribution in [0.2, 0.25) is 0 Å². The Labute approximate surface area is 106 Å². The summed E-state index contributed by atoms with van der Waals surface area (Å²) in [4.78, 5) is 15.8. The number of hydrogen-bond acceptors (Lipinski definition) is 3. The molecule has 0 aliphatic heterocycles. The zero-order chi connectivity index (χ0) is 13.0. The molecule has 0 aliphatic rings. The molecule has 0 spiro atoms. The van der Waals surface area contributed by atoms with Gasteiger partial charge in [-0.25, -0.2) is 4.98 Å². The first-order valence-corrected chi connectivity index (χ1v) is 5.41. The van der Waals surface area contributed by atoms with Crippen molar-refractivity contribution in [3.05, 3.63) is 53.9 Å². The molecule has 0 radical (unpaired) electrons. The van der Waals surface area contributed by atoms with Crippen LogP contribution in [0.5, 0.6) is 5.75 Å². The molecule has 1 aromatic heterocycles. The summed E-state index contributed by atoms with van der Waals surface area (Å²) in [6, 6.07) is 9.74. The van der Waals surface area contributed by atoms with Gasteiger partial charge in [-0.15, -0.1) is 0 Å². The number of anilines is 1. The number of hydrogen-bond donors (Lipinski definition) is 1. The van der Waals surface area contributed by atoms with Crippen molar-refractivity contribution in [3.8, 4) is 5.75 Å². The quantitative estimate of drug-likeness (QED) is 0.895. The van der Waals surface area contributed by atoms with E-state index < -0.39 is 0 Å². The summed E-state index contributed by atoms with van der Waals surface area (Å²) < 4.78 is 5.11. The van der Waals surface area contributed by atoms with Crippen molar-refractivity contribution < 1.29 is 9.53 Å². The van der Waals surface area contributed by atoms with E-state index in [1.54, 1.807) is 25.4 Å². The monoisotopic (exact) mass is 240 g/mol. The summed E-state index contributed by atoms with van der Waals surface area (Å²) in [5, 5.41) is 2.73. The van der Waals surface area contributed by atoms with Gasteiger partial charge in [-0.1, -0.05) is 6.07 Å². The molecule has 0 saturated heterocycles. The molecule has 1 N–H and O–H groups in total. The van der Waals surface area contributed by atoms with Crippen molar-refractivity contribution in [1.82, 2.24) is 4.98 Å². The summed E-state index contributed by atoms with van der Waals surface area (Å²) in [5.74, 6) is 0.443. The molecule has 1 aromatic carbocycles. The van der Waals surface area contributed by atoms with Crippen LogP contribution in [0.25, 0.3) is 0 Å². The first-order chi connectivity index (χ1) is 8.70. The highest BCUT2D eigenvalue weighted by molar-refractivity contribution is 6.05. The fraction of sp³-hybridized carbons (Fsp3) is 0.143. The summed E-state index contributed by atoms with van der Waals surface area (Å²) >= 11 is 0. The van der Waals surface area contributed by atoms with E-state index in [2.05, 4.69) is 22.6 Å². The Balaban J connectivity index is 2.23. The van der Waals surface area contributed by atoms with Crippen LogP contribution in [0.1, 0.15) is 15.9 Å². The normalized spacial score (nSPS) is 9.44. The van der Waals surface area contributed by atoms with E-state index in [1.807, 2.05) is 19.1 Å². The Kier molecular flexibility index (Phi) is 3.44. The van der Waals surface area contributed by atoms with Crippen molar-refractivity contribution in [3.63, 3.8) is 0 Å². The van der Waals surface area contributed by atoms with E-state index in [-0.39, 0.29) is 5.91 Å². The summed E-state index contributed by atoms with van der Waals surface area (Å²) in [6.07, 6.45) is 4.09. The Hall–Kier alpha value is -2.54. The second-order valence-electron chi connectivity index (χ2n) is 3.73. The van der Waals surface area contributed by atoms with Gasteiger partial charge >= 0.3 is 0 Å². The molecular formula is C14H12N2O2. The number of amides is 1. The van der Waals surface area contributed by atoms with Crippen LogP contribution >= 0.6 is 0 Å². The van der Waals surface area contributed by atoms with Crippen LogP contribution in [0.15, 0.2) is 30.5 Å². The van der Waals surface area contributed by atoms with Crippen LogP contribution < -0.4 is 10.1 Å². The molecule has 18 heavy (non-hydrogen) atoms. The van der Waals surface area contributed by atoms with Crippen molar-refractivity contribution >= 4 is 11.6 Å². The number of ether oxygens (including phenoxy) is 1. The van der Waals surface area contributed by atoms with Crippen molar-refractivity contribution in [2.75, 3.05) is 12.4 Å². The van der Waals surface area contributed by atoms with E-state index >= 15 is 0 Å². The van der Waals surface area contributed by atoms with Gasteiger partial charge in [0.25, 0.3) is 5.91 Å². The van der Waals surface area contributed by atoms with E-state index in [0.29, 0.717) is 17.0 Å². The van der Waals surface area contributed by atoms with Gasteiger partial charge in [0.1, 0.15) is 5.75 Å². The number of nitrogens with one attached hydrogen (secondary N) is 1. The first-order valence-electron chi connectivity index (χ1n) is 5.41. The van der Waals surface area contributed by atoms with Gasteiger partial charge in [-0.3, -0.25) is 4.79 Å². The van der Waals surface area contributed by atoms with Crippen molar-refractivity contribution in [2.24, 2.45) is 0 Å². The number of nitrogens with zero attached hydrogens (tertiary/aromatic N) is 1. The van der Waals surface area contributed by atoms with E-state index in [4.69, 9.17) is 4.74 Å². The summed E-state index contributed by atoms with van der Waals surface area (Å²) in [5.41, 5.74) is 1.99. The fourth-order valence-electron chi connectivity index (χ4n) is 1.52. The molecule has 0 fully saturated rings. The molecule has 0 saturated carbocycles. The number of carbonyl (C=O) groups is 1. The highest BCUT2D eigenvalue weighted by atomic mass is 16.5. The second-order valence-corrected chi connectivity index (χ2v) is 3.73. The van der Waals surface area contributed by atoms with Gasteiger partial charge in [-0.05, 0) is 36.8 Å². The lowest BCUT2D eigenvalue weighted by atomic mass is 10.1. The molecule has 1 heterocycles. The SMILES string of the molecule is COc1ccc(C)c(C(=O)Nc2c#cncc2)c1. The molecule has 0 atom stereocenters. The second kappa shape index (κ2) is 5.19. The molecule has 0 bridgehead atoms. The van der Waals surface area contributed by atoms with E-state index in [1.165, 1.54) is 0 Å². The van der Waals surface area contributed by atoms with Crippen LogP contribution in [0.3, 0.4) is 0 Å². The lowest BCUT2D eigenvalue weighted by Crippen LogP contribution is -2.13. The average Bonchev–Trinajstić information content (AvgIpc) is 2.40. The van der Waals surface area contributed by atoms with E-state index in [9.17, 15) is 4.79 Å². The van der Waals surface area contributed by atoms with Crippen LogP contribution in [-0.2, 0) is 0 Å². The third-order valence-electron chi connectivity index (χ3n) is 2.51. The van der Waals surface area contributed by atoms with Gasteiger partial charge in [0.2, 0.25) is 0 Å². The maximum Gasteiger partial charge on any atom is 0.256 e. The van der Waals surface area contributed by atoms with Gasteiger partial charge in [0.15, 0.2) is 0 Å². The standard InChI is InChI=1S/C14H12N2O2/c1-10-3-4-12(18-2)9-13(10)14(17)16-11-5-7-15-8-6-11/h3-5,7,9H,1-2H3,(H,16,17). The molecule has 90 valence electrons. The molecule has 4 nitrogen and oxygen atoms in total. The number of benzene rings is 1. The number of rotatable bonds is 3. The topological polar surface area (TPSA) is 51.2 Å². The van der Waals surface area contributed by atoms with E-state index in [0.717, 1.165) is 5.56 Å². The van der Waals surface area contributed by atoms with Crippen LogP contribution in [-0.4, -0.2) is 18.0 Å². The number of methoxy groups -OCH3 is 1. The average molecular weight is 240 g/mol. The Morgan fingerprint density at radius 2 is 2.22 bits per heavy atom. The zero-order valence-corrected chi connectivity index (χ0v) is 10.2. The Morgan fingerprint density at radius 1 is 1.39 bits per heavy atom. The molecule has 1 amide bonds. The lowest BCUT2D eigenvalue weighted by Gasteiger charge is -2.08. The van der Waals surface area contributed by atoms with Crippen LogP contribution in [0, 0.1) is 19.2 Å². The minimum atomic E-state index is -0.206. The van der Waals surface area contributed by atoms with Gasteiger partial charge < -0.3 is 10.1 Å². The van der Waals surface area contributed by atoms with Gasteiger partial charge in [0, 0.05) is 18.0 Å². The number of carbonyl (C=O) groups excluding carboxylic acids is 1. The minimum absolute atomic E-state index is 0.206. The lowest BCUT2D eigenvalue weighted by molar-refractivity contribution is 0.102. The number of aromatic nitrogens is 1. The van der Waals surface area contributed by atoms with Crippen molar-refractivity contribution in [1.29, 1.82) is 0 Å². The molecule has 0 unspecified atom stereocenters. The maximum absolute atomic E-state index is 12.1. The fourth-order valence-corrected chi connectivity index (χ4v) is 1.52. The molecule has 2 aromatic rings. The summed E-state index contributed by atoms with van der Waals surface area (Å²) in [7, 11) is 1.57. The Morgan fingerprint density at radius 3 is 2.89 bits per heavy atom. The predicted octanol–water partition coefficient (Wildman–Crippen LogP) is 2.25. The first kappa shape index (κ1) is 11.9. The smallest absolute Gasteiger partial charge is 0.256 e. The van der Waals surface area contributed by atoms with Crippen molar-refractivity contribution in [2.45, 2.75) is 6.92 Å². The molecule has 2 rings (SSSR count). The largest absolute Gasteiger partial charge is 0.497 e.